The molecule has 0 aliphatic carbocycles. The van der Waals surface area contributed by atoms with Crippen LogP contribution in [0, 0.1) is 0 Å². The molecule has 0 bridgehead atoms. The van der Waals surface area contributed by atoms with Gasteiger partial charge in [-0.1, -0.05) is 25.1 Å². The molecular weight excluding hydrogens is 406 g/mol. The highest BCUT2D eigenvalue weighted by Crippen LogP contribution is 2.33. The Hall–Kier alpha value is -3.10. The fourth-order valence-corrected chi connectivity index (χ4v) is 4.19. The second-order valence-electron chi connectivity index (χ2n) is 8.27. The summed E-state index contributed by atoms with van der Waals surface area (Å²) in [5.41, 5.74) is 2.14. The van der Waals surface area contributed by atoms with Crippen LogP contribution in [-0.4, -0.2) is 65.6 Å². The van der Waals surface area contributed by atoms with Crippen molar-refractivity contribution in [3.05, 3.63) is 48.0 Å². The van der Waals surface area contributed by atoms with Crippen molar-refractivity contribution in [1.29, 1.82) is 0 Å². The molecule has 32 heavy (non-hydrogen) atoms. The molecule has 1 fully saturated rings. The smallest absolute Gasteiger partial charge is 0.231 e. The van der Waals surface area contributed by atoms with Gasteiger partial charge in [0.05, 0.1) is 18.2 Å². The van der Waals surface area contributed by atoms with E-state index < -0.39 is 0 Å². The van der Waals surface area contributed by atoms with Crippen molar-refractivity contribution in [2.75, 3.05) is 49.8 Å². The van der Waals surface area contributed by atoms with Crippen molar-refractivity contribution in [3.63, 3.8) is 0 Å². The Morgan fingerprint density at radius 3 is 2.66 bits per heavy atom. The highest BCUT2D eigenvalue weighted by molar-refractivity contribution is 5.90. The number of aromatic nitrogens is 2. The van der Waals surface area contributed by atoms with Gasteiger partial charge in [-0.2, -0.15) is 4.98 Å². The summed E-state index contributed by atoms with van der Waals surface area (Å²) in [6.07, 6.45) is 0.822. The van der Waals surface area contributed by atoms with E-state index in [1.54, 1.807) is 0 Å². The standard InChI is InChI=1S/C24H29N5O3/c1-2-18(15-30)25-23-19-5-3-4-6-20(19)26-24(27-23)29-11-9-28(10-12-29)14-17-7-8-21-22(13-17)32-16-31-21/h3-8,13,18,30H,2,9-12,14-16H2,1H3,(H,25,26,27). The average molecular weight is 436 g/mol. The van der Waals surface area contributed by atoms with Crippen LogP contribution in [0.1, 0.15) is 18.9 Å². The second-order valence-corrected chi connectivity index (χ2v) is 8.27. The van der Waals surface area contributed by atoms with Gasteiger partial charge in [0.1, 0.15) is 5.82 Å². The molecule has 3 aromatic rings. The van der Waals surface area contributed by atoms with E-state index in [2.05, 4.69) is 34.2 Å². The lowest BCUT2D eigenvalue weighted by molar-refractivity contribution is 0.174. The number of rotatable bonds is 7. The minimum atomic E-state index is -0.0281. The van der Waals surface area contributed by atoms with Gasteiger partial charge in [0.2, 0.25) is 12.7 Å². The topological polar surface area (TPSA) is 83.0 Å². The fraction of sp³-hybridized carbons (Fsp3) is 0.417. The third-order valence-corrected chi connectivity index (χ3v) is 6.14. The van der Waals surface area contributed by atoms with E-state index in [4.69, 9.17) is 19.4 Å². The van der Waals surface area contributed by atoms with Gasteiger partial charge in [-0.3, -0.25) is 4.90 Å². The van der Waals surface area contributed by atoms with E-state index >= 15 is 0 Å². The molecule has 8 nitrogen and oxygen atoms in total. The highest BCUT2D eigenvalue weighted by Gasteiger charge is 2.22. The quantitative estimate of drug-likeness (QED) is 0.586. The maximum atomic E-state index is 9.64. The number of anilines is 2. The number of piperazine rings is 1. The molecule has 0 radical (unpaired) electrons. The lowest BCUT2D eigenvalue weighted by Gasteiger charge is -2.35. The van der Waals surface area contributed by atoms with E-state index in [1.807, 2.05) is 30.3 Å². The summed E-state index contributed by atoms with van der Waals surface area (Å²) in [4.78, 5) is 14.4. The van der Waals surface area contributed by atoms with Gasteiger partial charge in [0.15, 0.2) is 11.5 Å². The zero-order valence-electron chi connectivity index (χ0n) is 18.3. The average Bonchev–Trinajstić information content (AvgIpc) is 3.31. The Labute approximate surface area is 187 Å². The van der Waals surface area contributed by atoms with Crippen LogP contribution in [-0.2, 0) is 6.54 Å². The van der Waals surface area contributed by atoms with Crippen molar-refractivity contribution >= 4 is 22.7 Å². The van der Waals surface area contributed by atoms with Crippen LogP contribution < -0.4 is 19.7 Å². The third-order valence-electron chi connectivity index (χ3n) is 6.14. The number of nitrogens with zero attached hydrogens (tertiary/aromatic N) is 4. The summed E-state index contributed by atoms with van der Waals surface area (Å²) in [7, 11) is 0. The van der Waals surface area contributed by atoms with Crippen LogP contribution in [0.2, 0.25) is 0 Å². The molecule has 2 aliphatic heterocycles. The van der Waals surface area contributed by atoms with Crippen LogP contribution >= 0.6 is 0 Å². The summed E-state index contributed by atoms with van der Waals surface area (Å²) >= 11 is 0. The molecule has 1 atom stereocenters. The Morgan fingerprint density at radius 1 is 1.03 bits per heavy atom. The fourth-order valence-electron chi connectivity index (χ4n) is 4.19. The Kier molecular flexibility index (Phi) is 5.96. The molecule has 1 aromatic heterocycles. The lowest BCUT2D eigenvalue weighted by Crippen LogP contribution is -2.46. The number of hydrogen-bond acceptors (Lipinski definition) is 8. The number of aliphatic hydroxyl groups is 1. The molecule has 1 unspecified atom stereocenters. The second kappa shape index (κ2) is 9.18. The van der Waals surface area contributed by atoms with Crippen molar-refractivity contribution in [2.24, 2.45) is 0 Å². The molecule has 0 saturated carbocycles. The molecule has 168 valence electrons. The van der Waals surface area contributed by atoms with Gasteiger partial charge in [0, 0.05) is 38.1 Å². The maximum Gasteiger partial charge on any atom is 0.231 e. The van der Waals surface area contributed by atoms with Crippen molar-refractivity contribution in [3.8, 4) is 11.5 Å². The number of hydrogen-bond donors (Lipinski definition) is 2. The molecule has 2 aliphatic rings. The number of benzene rings is 2. The van der Waals surface area contributed by atoms with E-state index in [-0.39, 0.29) is 12.6 Å². The largest absolute Gasteiger partial charge is 0.454 e. The number of aliphatic hydroxyl groups excluding tert-OH is 1. The van der Waals surface area contributed by atoms with Gasteiger partial charge < -0.3 is 24.8 Å². The van der Waals surface area contributed by atoms with Crippen LogP contribution in [0.3, 0.4) is 0 Å². The Bertz CT molecular complexity index is 1080. The van der Waals surface area contributed by atoms with Gasteiger partial charge in [-0.25, -0.2) is 4.98 Å². The highest BCUT2D eigenvalue weighted by atomic mass is 16.7. The monoisotopic (exact) mass is 435 g/mol. The van der Waals surface area contributed by atoms with Crippen molar-refractivity contribution in [2.45, 2.75) is 25.9 Å². The first kappa shape index (κ1) is 20.8. The van der Waals surface area contributed by atoms with E-state index in [1.165, 1.54) is 5.56 Å². The van der Waals surface area contributed by atoms with Crippen LogP contribution in [0.5, 0.6) is 11.5 Å². The first-order chi connectivity index (χ1) is 15.7. The molecular formula is C24H29N5O3. The summed E-state index contributed by atoms with van der Waals surface area (Å²) in [6.45, 7) is 6.89. The minimum absolute atomic E-state index is 0.0281. The van der Waals surface area contributed by atoms with Gasteiger partial charge >= 0.3 is 0 Å². The van der Waals surface area contributed by atoms with Gasteiger partial charge in [0.25, 0.3) is 0 Å². The molecule has 8 heteroatoms. The summed E-state index contributed by atoms with van der Waals surface area (Å²) in [6, 6.07) is 14.2. The number of nitrogens with one attached hydrogen (secondary N) is 1. The van der Waals surface area contributed by atoms with Gasteiger partial charge in [-0.15, -0.1) is 0 Å². The summed E-state index contributed by atoms with van der Waals surface area (Å²) in [5, 5.41) is 14.0. The first-order valence-electron chi connectivity index (χ1n) is 11.2. The van der Waals surface area contributed by atoms with Crippen molar-refractivity contribution < 1.29 is 14.6 Å². The summed E-state index contributed by atoms with van der Waals surface area (Å²) < 4.78 is 10.9. The number of ether oxygens (including phenoxy) is 2. The van der Waals surface area contributed by atoms with Gasteiger partial charge in [-0.05, 0) is 36.2 Å². The van der Waals surface area contributed by atoms with E-state index in [9.17, 15) is 5.11 Å². The molecule has 3 heterocycles. The SMILES string of the molecule is CCC(CO)Nc1nc(N2CCN(Cc3ccc4c(c3)OCO4)CC2)nc2ccccc12. The zero-order valence-corrected chi connectivity index (χ0v) is 18.3. The minimum Gasteiger partial charge on any atom is -0.454 e. The summed E-state index contributed by atoms with van der Waals surface area (Å²) in [5.74, 6) is 3.18. The van der Waals surface area contributed by atoms with Crippen LogP contribution in [0.25, 0.3) is 10.9 Å². The Morgan fingerprint density at radius 2 is 1.84 bits per heavy atom. The van der Waals surface area contributed by atoms with Crippen LogP contribution in [0.15, 0.2) is 42.5 Å². The molecule has 2 N–H and O–H groups in total. The Balaban J connectivity index is 1.29. The molecule has 0 amide bonds. The van der Waals surface area contributed by atoms with E-state index in [0.717, 1.165) is 73.3 Å². The van der Waals surface area contributed by atoms with E-state index in [0.29, 0.717) is 6.79 Å². The molecule has 0 spiro atoms. The third kappa shape index (κ3) is 4.28. The number of fused-ring (bicyclic) bond motifs is 2. The zero-order chi connectivity index (χ0) is 21.9. The molecule has 5 rings (SSSR count). The predicted molar refractivity (Wildman–Crippen MR) is 124 cm³/mol. The molecule has 1 saturated heterocycles. The number of para-hydroxylation sites is 1. The normalized spacial score (nSPS) is 17.0. The van der Waals surface area contributed by atoms with Crippen LogP contribution in [0.4, 0.5) is 11.8 Å². The maximum absolute atomic E-state index is 9.64. The molecule has 2 aromatic carbocycles. The lowest BCUT2D eigenvalue weighted by atomic mass is 10.1. The van der Waals surface area contributed by atoms with Crippen molar-refractivity contribution in [1.82, 2.24) is 14.9 Å². The predicted octanol–water partition coefficient (Wildman–Crippen LogP) is 2.86. The first-order valence-corrected chi connectivity index (χ1v) is 11.2.